The smallest absolute Gasteiger partial charge is 0.0794 e. The van der Waals surface area contributed by atoms with Gasteiger partial charge in [-0.2, -0.15) is 0 Å². The number of halogens is 1. The molecule has 2 rings (SSSR count). The highest BCUT2D eigenvalue weighted by atomic mass is 79.9. The van der Waals surface area contributed by atoms with Gasteiger partial charge in [-0.25, -0.2) is 0 Å². The van der Waals surface area contributed by atoms with Crippen molar-refractivity contribution in [3.63, 3.8) is 0 Å². The van der Waals surface area contributed by atoms with Crippen molar-refractivity contribution in [1.82, 2.24) is 10.3 Å². The van der Waals surface area contributed by atoms with Crippen LogP contribution in [0.5, 0.6) is 0 Å². The third-order valence-electron chi connectivity index (χ3n) is 3.30. The fourth-order valence-electron chi connectivity index (χ4n) is 2.32. The molecule has 0 aliphatic heterocycles. The zero-order valence-corrected chi connectivity index (χ0v) is 14.6. The van der Waals surface area contributed by atoms with E-state index in [9.17, 15) is 0 Å². The summed E-state index contributed by atoms with van der Waals surface area (Å²) in [6, 6.07) is 8.56. The van der Waals surface area contributed by atoms with Gasteiger partial charge in [-0.3, -0.25) is 4.98 Å². The number of nitrogens with zero attached hydrogens (tertiary/aromatic N) is 1. The van der Waals surface area contributed by atoms with Gasteiger partial charge in [-0.1, -0.05) is 28.1 Å². The van der Waals surface area contributed by atoms with Crippen LogP contribution in [0.2, 0.25) is 0 Å². The van der Waals surface area contributed by atoms with Crippen LogP contribution < -0.4 is 5.32 Å². The molecular weight excluding hydrogens is 348 g/mol. The number of hydrogen-bond acceptors (Lipinski definition) is 4. The third kappa shape index (κ3) is 6.26. The highest BCUT2D eigenvalue weighted by Crippen LogP contribution is 2.19. The maximum atomic E-state index is 5.09. The van der Waals surface area contributed by atoms with Crippen LogP contribution in [0.25, 0.3) is 0 Å². The molecule has 0 aliphatic carbocycles. The predicted molar refractivity (Wildman–Crippen MR) is 91.9 cm³/mol. The van der Waals surface area contributed by atoms with Gasteiger partial charge in [-0.05, 0) is 43.0 Å². The lowest BCUT2D eigenvalue weighted by molar-refractivity contribution is 0.197. The second kappa shape index (κ2) is 9.30. The Morgan fingerprint density at radius 3 is 3.00 bits per heavy atom. The highest BCUT2D eigenvalue weighted by molar-refractivity contribution is 9.10. The summed E-state index contributed by atoms with van der Waals surface area (Å²) in [6.45, 7) is 2.64. The Kier molecular flexibility index (Phi) is 7.36. The van der Waals surface area contributed by atoms with Crippen molar-refractivity contribution in [3.8, 4) is 0 Å². The average molecular weight is 369 g/mol. The van der Waals surface area contributed by atoms with E-state index in [0.717, 1.165) is 37.0 Å². The highest BCUT2D eigenvalue weighted by Gasteiger charge is 2.12. The van der Waals surface area contributed by atoms with E-state index in [1.807, 2.05) is 11.7 Å². The van der Waals surface area contributed by atoms with Crippen molar-refractivity contribution < 1.29 is 4.74 Å². The SMILES string of the molecule is COCCNCC(Cc1cccc(Br)c1)Cc1cncs1. The largest absolute Gasteiger partial charge is 0.383 e. The van der Waals surface area contributed by atoms with Gasteiger partial charge in [0.1, 0.15) is 0 Å². The summed E-state index contributed by atoms with van der Waals surface area (Å²) in [5.74, 6) is 0.566. The standard InChI is InChI=1S/C16H21BrN2OS/c1-20-6-5-18-10-14(9-16-11-19-12-21-16)7-13-3-2-4-15(17)8-13/h2-4,8,11-12,14,18H,5-7,9-10H2,1H3. The first-order chi connectivity index (χ1) is 10.3. The Hall–Kier alpha value is -0.750. The van der Waals surface area contributed by atoms with Gasteiger partial charge < -0.3 is 10.1 Å². The maximum absolute atomic E-state index is 5.09. The number of rotatable bonds is 9. The lowest BCUT2D eigenvalue weighted by Crippen LogP contribution is -2.28. The van der Waals surface area contributed by atoms with E-state index in [0.29, 0.717) is 5.92 Å². The van der Waals surface area contributed by atoms with E-state index >= 15 is 0 Å². The van der Waals surface area contributed by atoms with Crippen LogP contribution >= 0.6 is 27.3 Å². The van der Waals surface area contributed by atoms with Crippen LogP contribution in [0.3, 0.4) is 0 Å². The van der Waals surface area contributed by atoms with E-state index in [-0.39, 0.29) is 0 Å². The molecule has 3 nitrogen and oxygen atoms in total. The molecule has 5 heteroatoms. The van der Waals surface area contributed by atoms with Gasteiger partial charge in [0.15, 0.2) is 0 Å². The van der Waals surface area contributed by atoms with E-state index in [1.165, 1.54) is 10.4 Å². The van der Waals surface area contributed by atoms with E-state index < -0.39 is 0 Å². The minimum atomic E-state index is 0.566. The maximum Gasteiger partial charge on any atom is 0.0794 e. The first-order valence-corrected chi connectivity index (χ1v) is 8.76. The molecule has 0 saturated heterocycles. The zero-order chi connectivity index (χ0) is 14.9. The Balaban J connectivity index is 1.93. The third-order valence-corrected chi connectivity index (χ3v) is 4.60. The van der Waals surface area contributed by atoms with Crippen molar-refractivity contribution in [2.75, 3.05) is 26.8 Å². The summed E-state index contributed by atoms with van der Waals surface area (Å²) in [5, 5.41) is 3.48. The van der Waals surface area contributed by atoms with Crippen LogP contribution in [0.1, 0.15) is 10.4 Å². The van der Waals surface area contributed by atoms with Crippen molar-refractivity contribution in [2.45, 2.75) is 12.8 Å². The van der Waals surface area contributed by atoms with Crippen molar-refractivity contribution >= 4 is 27.3 Å². The van der Waals surface area contributed by atoms with Crippen LogP contribution in [0.4, 0.5) is 0 Å². The molecule has 0 aliphatic rings. The summed E-state index contributed by atoms with van der Waals surface area (Å²) in [6.07, 6.45) is 4.11. The molecule has 0 fully saturated rings. The Morgan fingerprint density at radius 2 is 2.29 bits per heavy atom. The number of hydrogen-bond donors (Lipinski definition) is 1. The van der Waals surface area contributed by atoms with Gasteiger partial charge >= 0.3 is 0 Å². The molecular formula is C16H21BrN2OS. The van der Waals surface area contributed by atoms with Gasteiger partial charge in [0.25, 0.3) is 0 Å². The monoisotopic (exact) mass is 368 g/mol. The molecule has 1 aromatic carbocycles. The molecule has 0 amide bonds. The first-order valence-electron chi connectivity index (χ1n) is 7.09. The molecule has 114 valence electrons. The first kappa shape index (κ1) is 16.6. The Labute approximate surface area is 138 Å². The number of benzene rings is 1. The quantitative estimate of drug-likeness (QED) is 0.687. The normalized spacial score (nSPS) is 12.5. The molecule has 1 aromatic heterocycles. The zero-order valence-electron chi connectivity index (χ0n) is 12.2. The fraction of sp³-hybridized carbons (Fsp3) is 0.438. The summed E-state index contributed by atoms with van der Waals surface area (Å²) < 4.78 is 6.23. The van der Waals surface area contributed by atoms with Crippen molar-refractivity contribution in [1.29, 1.82) is 0 Å². The van der Waals surface area contributed by atoms with Crippen LogP contribution in [0.15, 0.2) is 40.4 Å². The summed E-state index contributed by atoms with van der Waals surface area (Å²) in [7, 11) is 1.73. The number of nitrogens with one attached hydrogen (secondary N) is 1. The molecule has 1 unspecified atom stereocenters. The molecule has 1 heterocycles. The lowest BCUT2D eigenvalue weighted by atomic mass is 9.95. The molecule has 0 saturated carbocycles. The van der Waals surface area contributed by atoms with E-state index in [4.69, 9.17) is 4.74 Å². The van der Waals surface area contributed by atoms with E-state index in [2.05, 4.69) is 50.5 Å². The van der Waals surface area contributed by atoms with Crippen LogP contribution in [-0.2, 0) is 17.6 Å². The number of ether oxygens (including phenoxy) is 1. The number of thiazole rings is 1. The molecule has 2 aromatic rings. The minimum Gasteiger partial charge on any atom is -0.383 e. The molecule has 21 heavy (non-hydrogen) atoms. The average Bonchev–Trinajstić information content (AvgIpc) is 2.96. The summed E-state index contributed by atoms with van der Waals surface area (Å²) in [4.78, 5) is 5.53. The van der Waals surface area contributed by atoms with Gasteiger partial charge in [-0.15, -0.1) is 11.3 Å². The second-order valence-corrected chi connectivity index (χ2v) is 6.96. The Morgan fingerprint density at radius 1 is 1.38 bits per heavy atom. The second-order valence-electron chi connectivity index (χ2n) is 5.07. The van der Waals surface area contributed by atoms with Crippen LogP contribution in [0, 0.1) is 5.92 Å². The topological polar surface area (TPSA) is 34.1 Å². The van der Waals surface area contributed by atoms with E-state index in [1.54, 1.807) is 18.4 Å². The predicted octanol–water partition coefficient (Wildman–Crippen LogP) is 3.54. The molecule has 1 atom stereocenters. The lowest BCUT2D eigenvalue weighted by Gasteiger charge is -2.17. The number of aromatic nitrogens is 1. The van der Waals surface area contributed by atoms with Crippen LogP contribution in [-0.4, -0.2) is 31.8 Å². The Bertz CT molecular complexity index is 519. The van der Waals surface area contributed by atoms with Gasteiger partial charge in [0.2, 0.25) is 0 Å². The van der Waals surface area contributed by atoms with Crippen molar-refractivity contribution in [2.24, 2.45) is 5.92 Å². The summed E-state index contributed by atoms with van der Waals surface area (Å²) >= 11 is 5.28. The summed E-state index contributed by atoms with van der Waals surface area (Å²) in [5.41, 5.74) is 3.27. The minimum absolute atomic E-state index is 0.566. The molecule has 0 bridgehead atoms. The number of methoxy groups -OCH3 is 1. The van der Waals surface area contributed by atoms with Crippen molar-refractivity contribution in [3.05, 3.63) is 50.9 Å². The molecule has 0 radical (unpaired) electrons. The molecule has 0 spiro atoms. The van der Waals surface area contributed by atoms with Gasteiger partial charge in [0, 0.05) is 29.2 Å². The molecule has 1 N–H and O–H groups in total. The van der Waals surface area contributed by atoms with Gasteiger partial charge in [0.05, 0.1) is 12.1 Å². The fourth-order valence-corrected chi connectivity index (χ4v) is 3.48.